The molecular formula is C12H16ClFN2O4S. The minimum atomic E-state index is -4.08. The van der Waals surface area contributed by atoms with E-state index in [1.165, 1.54) is 0 Å². The fourth-order valence-corrected chi connectivity index (χ4v) is 3.38. The molecule has 0 saturated carbocycles. The molecule has 1 aromatic rings. The minimum Gasteiger partial charge on any atom is -0.468 e. The van der Waals surface area contributed by atoms with Gasteiger partial charge in [-0.3, -0.25) is 4.79 Å². The molecule has 1 atom stereocenters. The van der Waals surface area contributed by atoms with Crippen molar-refractivity contribution in [2.75, 3.05) is 13.7 Å². The molecule has 21 heavy (non-hydrogen) atoms. The number of benzene rings is 1. The zero-order valence-electron chi connectivity index (χ0n) is 11.3. The van der Waals surface area contributed by atoms with E-state index in [1.807, 2.05) is 0 Å². The van der Waals surface area contributed by atoms with E-state index in [0.717, 1.165) is 25.3 Å². The van der Waals surface area contributed by atoms with E-state index in [-0.39, 0.29) is 16.3 Å². The van der Waals surface area contributed by atoms with Crippen LogP contribution in [0.5, 0.6) is 0 Å². The fourth-order valence-electron chi connectivity index (χ4n) is 1.63. The molecule has 0 saturated heterocycles. The first-order chi connectivity index (χ1) is 9.81. The quantitative estimate of drug-likeness (QED) is 0.724. The smallest absolute Gasteiger partial charge is 0.323 e. The summed E-state index contributed by atoms with van der Waals surface area (Å²) in [5, 5.41) is -0.273. The highest BCUT2D eigenvalue weighted by Crippen LogP contribution is 2.22. The van der Waals surface area contributed by atoms with Crippen molar-refractivity contribution in [3.63, 3.8) is 0 Å². The van der Waals surface area contributed by atoms with E-state index < -0.39 is 27.9 Å². The van der Waals surface area contributed by atoms with Gasteiger partial charge in [-0.1, -0.05) is 11.6 Å². The van der Waals surface area contributed by atoms with Gasteiger partial charge in [-0.2, -0.15) is 4.72 Å². The third-order valence-electron chi connectivity index (χ3n) is 2.66. The lowest BCUT2D eigenvalue weighted by molar-refractivity contribution is -0.142. The first kappa shape index (κ1) is 17.8. The van der Waals surface area contributed by atoms with Crippen LogP contribution in [0.1, 0.15) is 12.8 Å². The number of carbonyl (C=O) groups is 1. The molecule has 0 radical (unpaired) electrons. The molecule has 0 aliphatic rings. The number of sulfonamides is 1. The van der Waals surface area contributed by atoms with Crippen LogP contribution in [-0.2, 0) is 19.6 Å². The number of ether oxygens (including phenoxy) is 1. The maximum Gasteiger partial charge on any atom is 0.323 e. The second kappa shape index (κ2) is 7.69. The molecular weight excluding hydrogens is 323 g/mol. The fraction of sp³-hybridized carbons (Fsp3) is 0.417. The van der Waals surface area contributed by atoms with Crippen LogP contribution in [0.3, 0.4) is 0 Å². The molecule has 0 aliphatic carbocycles. The molecule has 1 aromatic carbocycles. The van der Waals surface area contributed by atoms with Gasteiger partial charge in [0.1, 0.15) is 16.8 Å². The number of nitrogens with one attached hydrogen (secondary N) is 1. The Hall–Kier alpha value is -1.22. The summed E-state index contributed by atoms with van der Waals surface area (Å²) in [4.78, 5) is 11.3. The molecule has 0 aromatic heterocycles. The normalized spacial score (nSPS) is 13.0. The van der Waals surface area contributed by atoms with Crippen LogP contribution in [0.15, 0.2) is 23.1 Å². The molecule has 0 bridgehead atoms. The standard InChI is InChI=1S/C12H16ClFN2O4S/c1-20-12(17)10(3-2-6-15)16-21(18,19)11-5-4-8(14)7-9(11)13/h4-5,7,10,16H,2-3,6,15H2,1H3/t10-/m1/s1. The van der Waals surface area contributed by atoms with Crippen molar-refractivity contribution in [2.24, 2.45) is 5.73 Å². The topological polar surface area (TPSA) is 98.5 Å². The zero-order valence-corrected chi connectivity index (χ0v) is 12.9. The van der Waals surface area contributed by atoms with Gasteiger partial charge in [-0.05, 0) is 37.6 Å². The van der Waals surface area contributed by atoms with Crippen molar-refractivity contribution in [1.82, 2.24) is 4.72 Å². The zero-order chi connectivity index (χ0) is 16.0. The number of hydrogen-bond acceptors (Lipinski definition) is 5. The Morgan fingerprint density at radius 2 is 2.19 bits per heavy atom. The van der Waals surface area contributed by atoms with Crippen molar-refractivity contribution in [3.8, 4) is 0 Å². The van der Waals surface area contributed by atoms with Crippen LogP contribution in [0.4, 0.5) is 4.39 Å². The highest BCUT2D eigenvalue weighted by atomic mass is 35.5. The molecule has 0 fully saturated rings. The Balaban J connectivity index is 3.02. The molecule has 0 amide bonds. The summed E-state index contributed by atoms with van der Waals surface area (Å²) in [6.07, 6.45) is 0.612. The van der Waals surface area contributed by atoms with Crippen LogP contribution in [0, 0.1) is 5.82 Å². The highest BCUT2D eigenvalue weighted by Gasteiger charge is 2.27. The average molecular weight is 339 g/mol. The number of methoxy groups -OCH3 is 1. The van der Waals surface area contributed by atoms with Gasteiger partial charge in [-0.25, -0.2) is 12.8 Å². The van der Waals surface area contributed by atoms with E-state index in [9.17, 15) is 17.6 Å². The van der Waals surface area contributed by atoms with Gasteiger partial charge >= 0.3 is 5.97 Å². The lowest BCUT2D eigenvalue weighted by Crippen LogP contribution is -2.41. The maximum atomic E-state index is 13.0. The Bertz CT molecular complexity index is 609. The van der Waals surface area contributed by atoms with Crippen LogP contribution in [0.25, 0.3) is 0 Å². The van der Waals surface area contributed by atoms with E-state index in [4.69, 9.17) is 17.3 Å². The second-order valence-electron chi connectivity index (χ2n) is 4.20. The van der Waals surface area contributed by atoms with Gasteiger partial charge < -0.3 is 10.5 Å². The average Bonchev–Trinajstić information content (AvgIpc) is 2.42. The van der Waals surface area contributed by atoms with Crippen LogP contribution in [0.2, 0.25) is 5.02 Å². The number of esters is 1. The lowest BCUT2D eigenvalue weighted by atomic mass is 10.2. The van der Waals surface area contributed by atoms with Crippen molar-refractivity contribution in [2.45, 2.75) is 23.8 Å². The maximum absolute atomic E-state index is 13.0. The summed E-state index contributed by atoms with van der Waals surface area (Å²) in [6.45, 7) is 0.298. The van der Waals surface area contributed by atoms with E-state index in [2.05, 4.69) is 9.46 Å². The SMILES string of the molecule is COC(=O)[C@@H](CCCN)NS(=O)(=O)c1ccc(F)cc1Cl. The number of hydrogen-bond donors (Lipinski definition) is 2. The number of rotatable bonds is 7. The largest absolute Gasteiger partial charge is 0.468 e. The van der Waals surface area contributed by atoms with Gasteiger partial charge in [0, 0.05) is 0 Å². The summed E-state index contributed by atoms with van der Waals surface area (Å²) in [5.74, 6) is -1.39. The third kappa shape index (κ3) is 4.92. The first-order valence-electron chi connectivity index (χ1n) is 6.07. The molecule has 118 valence electrons. The molecule has 0 heterocycles. The van der Waals surface area contributed by atoms with Gasteiger partial charge in [-0.15, -0.1) is 0 Å². The molecule has 0 unspecified atom stereocenters. The summed E-state index contributed by atoms with van der Waals surface area (Å²) >= 11 is 5.72. The minimum absolute atomic E-state index is 0.182. The molecule has 1 rings (SSSR count). The summed E-state index contributed by atoms with van der Waals surface area (Å²) in [6, 6.07) is 1.79. The predicted octanol–water partition coefficient (Wildman–Crippen LogP) is 1.04. The highest BCUT2D eigenvalue weighted by molar-refractivity contribution is 7.89. The van der Waals surface area contributed by atoms with E-state index in [0.29, 0.717) is 13.0 Å². The van der Waals surface area contributed by atoms with Crippen LogP contribution in [-0.4, -0.2) is 34.1 Å². The Morgan fingerprint density at radius 1 is 1.52 bits per heavy atom. The van der Waals surface area contributed by atoms with Crippen LogP contribution < -0.4 is 10.5 Å². The summed E-state index contributed by atoms with van der Waals surface area (Å²) < 4.78 is 44.1. The Kier molecular flexibility index (Phi) is 6.53. The van der Waals surface area contributed by atoms with Crippen LogP contribution >= 0.6 is 11.6 Å². The van der Waals surface area contributed by atoms with Gasteiger partial charge in [0.15, 0.2) is 0 Å². The summed E-state index contributed by atoms with van der Waals surface area (Å²) in [7, 11) is -2.93. The summed E-state index contributed by atoms with van der Waals surface area (Å²) in [5.41, 5.74) is 5.34. The van der Waals surface area contributed by atoms with Gasteiger partial charge in [0.2, 0.25) is 10.0 Å². The predicted molar refractivity (Wildman–Crippen MR) is 75.8 cm³/mol. The monoisotopic (exact) mass is 338 g/mol. The second-order valence-corrected chi connectivity index (χ2v) is 6.29. The molecule has 0 aliphatic heterocycles. The van der Waals surface area contributed by atoms with E-state index >= 15 is 0 Å². The van der Waals surface area contributed by atoms with Crippen molar-refractivity contribution in [1.29, 1.82) is 0 Å². The molecule has 3 N–H and O–H groups in total. The molecule has 6 nitrogen and oxygen atoms in total. The number of carbonyl (C=O) groups excluding carboxylic acids is 1. The molecule has 9 heteroatoms. The number of nitrogens with two attached hydrogens (primary N) is 1. The van der Waals surface area contributed by atoms with Gasteiger partial charge in [0.25, 0.3) is 0 Å². The number of halogens is 2. The van der Waals surface area contributed by atoms with Crippen molar-refractivity contribution >= 4 is 27.6 Å². The lowest BCUT2D eigenvalue weighted by Gasteiger charge is -2.16. The first-order valence-corrected chi connectivity index (χ1v) is 7.93. The Morgan fingerprint density at radius 3 is 2.71 bits per heavy atom. The van der Waals surface area contributed by atoms with E-state index in [1.54, 1.807) is 0 Å². The van der Waals surface area contributed by atoms with Gasteiger partial charge in [0.05, 0.1) is 12.1 Å². The third-order valence-corrected chi connectivity index (χ3v) is 4.62. The Labute approximate surface area is 127 Å². The molecule has 0 spiro atoms. The van der Waals surface area contributed by atoms with Crippen molar-refractivity contribution in [3.05, 3.63) is 29.0 Å². The van der Waals surface area contributed by atoms with Crippen molar-refractivity contribution < 1.29 is 22.3 Å².